The number of pyridine rings is 1. The van der Waals surface area contributed by atoms with E-state index in [1.54, 1.807) is 12.4 Å². The zero-order chi connectivity index (χ0) is 23.9. The topological polar surface area (TPSA) is 81.9 Å². The minimum absolute atomic E-state index is 0.100. The molecule has 0 saturated carbocycles. The summed E-state index contributed by atoms with van der Waals surface area (Å²) in [5.41, 5.74) is 2.68. The Kier molecular flexibility index (Phi) is 7.82. The Morgan fingerprint density at radius 1 is 1.12 bits per heavy atom. The van der Waals surface area contributed by atoms with Gasteiger partial charge in [-0.15, -0.1) is 10.2 Å². The Morgan fingerprint density at radius 2 is 1.88 bits per heavy atom. The lowest BCUT2D eigenvalue weighted by Crippen LogP contribution is -2.28. The maximum absolute atomic E-state index is 12.7. The van der Waals surface area contributed by atoms with Crippen LogP contribution in [0.25, 0.3) is 17.1 Å². The van der Waals surface area contributed by atoms with Gasteiger partial charge in [-0.1, -0.05) is 35.5 Å². The lowest BCUT2D eigenvalue weighted by Gasteiger charge is -2.15. The van der Waals surface area contributed by atoms with Crippen molar-refractivity contribution in [2.24, 2.45) is 0 Å². The molecule has 7 nitrogen and oxygen atoms in total. The molecule has 1 amide bonds. The van der Waals surface area contributed by atoms with E-state index in [-0.39, 0.29) is 17.7 Å². The van der Waals surface area contributed by atoms with Crippen LogP contribution in [0.15, 0.2) is 78.2 Å². The zero-order valence-corrected chi connectivity index (χ0v) is 20.4. The van der Waals surface area contributed by atoms with Crippen LogP contribution in [0.4, 0.5) is 0 Å². The van der Waals surface area contributed by atoms with Crippen molar-refractivity contribution in [3.8, 4) is 22.8 Å². The van der Waals surface area contributed by atoms with Gasteiger partial charge in [0.05, 0.1) is 18.4 Å². The van der Waals surface area contributed by atoms with E-state index < -0.39 is 0 Å². The molecular weight excluding hydrogens is 470 g/mol. The predicted octanol–water partition coefficient (Wildman–Crippen LogP) is 5.35. The van der Waals surface area contributed by atoms with E-state index >= 15 is 0 Å². The maximum Gasteiger partial charge on any atom is 0.230 e. The molecule has 0 spiro atoms. The van der Waals surface area contributed by atoms with Gasteiger partial charge in [0.1, 0.15) is 5.75 Å². The van der Waals surface area contributed by atoms with Crippen molar-refractivity contribution in [3.63, 3.8) is 0 Å². The zero-order valence-electron chi connectivity index (χ0n) is 18.8. The third-order valence-electron chi connectivity index (χ3n) is 5.04. The summed E-state index contributed by atoms with van der Waals surface area (Å²) in [5, 5.41) is 13.1. The van der Waals surface area contributed by atoms with Crippen molar-refractivity contribution in [2.45, 2.75) is 25.0 Å². The first-order valence-electron chi connectivity index (χ1n) is 10.8. The summed E-state index contributed by atoms with van der Waals surface area (Å²) in [6.07, 6.45) is 3.45. The number of halogens is 1. The van der Waals surface area contributed by atoms with Crippen molar-refractivity contribution < 1.29 is 9.53 Å². The van der Waals surface area contributed by atoms with Gasteiger partial charge in [-0.25, -0.2) is 0 Å². The van der Waals surface area contributed by atoms with Crippen LogP contribution in [0.5, 0.6) is 5.75 Å². The number of rotatable bonds is 9. The highest BCUT2D eigenvalue weighted by Gasteiger charge is 2.18. The third kappa shape index (κ3) is 5.76. The fraction of sp³-hybridized carbons (Fsp3) is 0.200. The van der Waals surface area contributed by atoms with Gasteiger partial charge < -0.3 is 10.1 Å². The van der Waals surface area contributed by atoms with E-state index in [4.69, 9.17) is 16.3 Å². The molecule has 1 N–H and O–H groups in total. The number of hydrogen-bond acceptors (Lipinski definition) is 6. The fourth-order valence-electron chi connectivity index (χ4n) is 3.38. The summed E-state index contributed by atoms with van der Waals surface area (Å²) in [6, 6.07) is 18.8. The molecule has 2 aromatic carbocycles. The maximum atomic E-state index is 12.7. The van der Waals surface area contributed by atoms with Gasteiger partial charge in [0, 0.05) is 28.7 Å². The van der Waals surface area contributed by atoms with Gasteiger partial charge >= 0.3 is 0 Å². The number of ether oxygens (including phenoxy) is 1. The van der Waals surface area contributed by atoms with Crippen LogP contribution >= 0.6 is 23.4 Å². The molecule has 174 valence electrons. The fourth-order valence-corrected chi connectivity index (χ4v) is 4.27. The molecule has 0 aliphatic carbocycles. The first-order chi connectivity index (χ1) is 16.5. The van der Waals surface area contributed by atoms with Gasteiger partial charge in [-0.3, -0.25) is 14.3 Å². The molecule has 2 aromatic heterocycles. The molecule has 4 aromatic rings. The Labute approximate surface area is 207 Å². The molecule has 1 unspecified atom stereocenters. The average Bonchev–Trinajstić information content (AvgIpc) is 3.28. The van der Waals surface area contributed by atoms with Crippen molar-refractivity contribution in [1.82, 2.24) is 25.1 Å². The van der Waals surface area contributed by atoms with Crippen molar-refractivity contribution in [3.05, 3.63) is 83.6 Å². The average molecular weight is 494 g/mol. The molecule has 0 bridgehead atoms. The Bertz CT molecular complexity index is 1230. The SMILES string of the molecule is CCOc1ccc(-n2c(SCC(=O)NC(C)c3ccc(Cl)cc3)nnc2-c2cccnc2)cc1. The number of hydrogen-bond donors (Lipinski definition) is 1. The van der Waals surface area contributed by atoms with Crippen LogP contribution in [-0.2, 0) is 4.79 Å². The van der Waals surface area contributed by atoms with Crippen LogP contribution in [0.2, 0.25) is 5.02 Å². The second-order valence-corrected chi connectivity index (χ2v) is 8.82. The first-order valence-corrected chi connectivity index (χ1v) is 12.2. The molecule has 0 saturated heterocycles. The van der Waals surface area contributed by atoms with Crippen LogP contribution in [0, 0.1) is 0 Å². The van der Waals surface area contributed by atoms with E-state index in [1.807, 2.05) is 79.1 Å². The number of benzene rings is 2. The normalized spacial score (nSPS) is 11.7. The second kappa shape index (κ2) is 11.2. The van der Waals surface area contributed by atoms with E-state index in [0.717, 1.165) is 22.6 Å². The number of carbonyl (C=O) groups is 1. The smallest absolute Gasteiger partial charge is 0.230 e. The second-order valence-electron chi connectivity index (χ2n) is 7.44. The van der Waals surface area contributed by atoms with Gasteiger partial charge in [0.2, 0.25) is 5.91 Å². The Balaban J connectivity index is 1.53. The van der Waals surface area contributed by atoms with Gasteiger partial charge in [0.15, 0.2) is 11.0 Å². The molecular formula is C25H24ClN5O2S. The standard InChI is InChI=1S/C25H24ClN5O2S/c1-3-33-22-12-10-21(11-13-22)31-24(19-5-4-14-27-15-19)29-30-25(31)34-16-23(32)28-17(2)18-6-8-20(26)9-7-18/h4-15,17H,3,16H2,1-2H3,(H,28,32). The van der Waals surface area contributed by atoms with Gasteiger partial charge in [-0.05, 0) is 67.9 Å². The van der Waals surface area contributed by atoms with Crippen LogP contribution in [-0.4, -0.2) is 38.0 Å². The molecule has 9 heteroatoms. The molecule has 4 rings (SSSR count). The van der Waals surface area contributed by atoms with Gasteiger partial charge in [-0.2, -0.15) is 0 Å². The Hall–Kier alpha value is -3.36. The minimum Gasteiger partial charge on any atom is -0.494 e. The summed E-state index contributed by atoms with van der Waals surface area (Å²) in [5.74, 6) is 1.53. The van der Waals surface area contributed by atoms with E-state index in [9.17, 15) is 4.79 Å². The highest BCUT2D eigenvalue weighted by molar-refractivity contribution is 7.99. The number of amides is 1. The summed E-state index contributed by atoms with van der Waals surface area (Å²) in [7, 11) is 0. The Morgan fingerprint density at radius 3 is 2.56 bits per heavy atom. The van der Waals surface area contributed by atoms with E-state index in [0.29, 0.717) is 22.6 Å². The van der Waals surface area contributed by atoms with Crippen LogP contribution in [0.3, 0.4) is 0 Å². The van der Waals surface area contributed by atoms with Crippen LogP contribution < -0.4 is 10.1 Å². The summed E-state index contributed by atoms with van der Waals surface area (Å²) < 4.78 is 7.49. The molecule has 0 aliphatic rings. The van der Waals surface area contributed by atoms with Crippen molar-refractivity contribution >= 4 is 29.3 Å². The summed E-state index contributed by atoms with van der Waals surface area (Å²) in [6.45, 7) is 4.48. The van der Waals surface area contributed by atoms with Crippen molar-refractivity contribution in [2.75, 3.05) is 12.4 Å². The molecule has 0 fully saturated rings. The number of thioether (sulfide) groups is 1. The first kappa shape index (κ1) is 23.8. The predicted molar refractivity (Wildman–Crippen MR) is 134 cm³/mol. The van der Waals surface area contributed by atoms with Crippen molar-refractivity contribution in [1.29, 1.82) is 0 Å². The van der Waals surface area contributed by atoms with Gasteiger partial charge in [0.25, 0.3) is 0 Å². The highest BCUT2D eigenvalue weighted by atomic mass is 35.5. The molecule has 2 heterocycles. The lowest BCUT2D eigenvalue weighted by molar-refractivity contribution is -0.119. The minimum atomic E-state index is -0.139. The highest BCUT2D eigenvalue weighted by Crippen LogP contribution is 2.28. The van der Waals surface area contributed by atoms with E-state index in [1.165, 1.54) is 11.8 Å². The largest absolute Gasteiger partial charge is 0.494 e. The summed E-state index contributed by atoms with van der Waals surface area (Å²) >= 11 is 7.28. The monoisotopic (exact) mass is 493 g/mol. The number of carbonyl (C=O) groups excluding carboxylic acids is 1. The quantitative estimate of drug-likeness (QED) is 0.316. The molecule has 0 radical (unpaired) electrons. The summed E-state index contributed by atoms with van der Waals surface area (Å²) in [4.78, 5) is 16.9. The number of nitrogens with zero attached hydrogens (tertiary/aromatic N) is 4. The lowest BCUT2D eigenvalue weighted by atomic mass is 10.1. The van der Waals surface area contributed by atoms with Crippen LogP contribution in [0.1, 0.15) is 25.5 Å². The third-order valence-corrected chi connectivity index (χ3v) is 6.22. The molecule has 34 heavy (non-hydrogen) atoms. The number of aromatic nitrogens is 4. The number of nitrogens with one attached hydrogen (secondary N) is 1. The molecule has 0 aliphatic heterocycles. The van der Waals surface area contributed by atoms with E-state index in [2.05, 4.69) is 20.5 Å². The molecule has 1 atom stereocenters.